The summed E-state index contributed by atoms with van der Waals surface area (Å²) < 4.78 is 2.64. The zero-order chi connectivity index (χ0) is 38.4. The Bertz CT molecular complexity index is 3280. The van der Waals surface area contributed by atoms with Crippen LogP contribution in [0.3, 0.4) is 0 Å². The van der Waals surface area contributed by atoms with Gasteiger partial charge in [0.2, 0.25) is 0 Å². The second-order valence-corrected chi connectivity index (χ2v) is 16.0. The molecule has 0 aliphatic heterocycles. The molecular formula is C56H37NS. The summed E-state index contributed by atoms with van der Waals surface area (Å²) in [6, 6.07) is 81.9. The monoisotopic (exact) mass is 755 g/mol. The number of hydrogen-bond donors (Lipinski definition) is 0. The van der Waals surface area contributed by atoms with Gasteiger partial charge in [-0.3, -0.25) is 0 Å². The Morgan fingerprint density at radius 3 is 1.66 bits per heavy atom. The lowest BCUT2D eigenvalue weighted by Gasteiger charge is -2.26. The lowest BCUT2D eigenvalue weighted by atomic mass is 9.95. The van der Waals surface area contributed by atoms with Crippen LogP contribution in [0.5, 0.6) is 0 Å². The number of anilines is 3. The van der Waals surface area contributed by atoms with Crippen molar-refractivity contribution < 1.29 is 0 Å². The van der Waals surface area contributed by atoms with E-state index in [1.165, 1.54) is 86.2 Å². The van der Waals surface area contributed by atoms with E-state index < -0.39 is 0 Å². The quantitative estimate of drug-likeness (QED) is 0.157. The molecule has 0 saturated heterocycles. The second kappa shape index (κ2) is 14.4. The Morgan fingerprint density at radius 1 is 0.276 bits per heavy atom. The lowest BCUT2D eigenvalue weighted by Crippen LogP contribution is -2.10. The zero-order valence-corrected chi connectivity index (χ0v) is 32.5. The molecule has 0 aliphatic rings. The van der Waals surface area contributed by atoms with Gasteiger partial charge in [-0.1, -0.05) is 164 Å². The van der Waals surface area contributed by atoms with Crippen LogP contribution in [0.4, 0.5) is 17.1 Å². The van der Waals surface area contributed by atoms with Crippen molar-refractivity contribution in [3.05, 3.63) is 224 Å². The summed E-state index contributed by atoms with van der Waals surface area (Å²) in [6.45, 7) is 0. The summed E-state index contributed by atoms with van der Waals surface area (Å²) in [5.74, 6) is 0. The summed E-state index contributed by atoms with van der Waals surface area (Å²) in [7, 11) is 0. The highest BCUT2D eigenvalue weighted by molar-refractivity contribution is 7.25. The van der Waals surface area contributed by atoms with Crippen LogP contribution in [0.15, 0.2) is 224 Å². The first-order valence-electron chi connectivity index (χ1n) is 19.8. The van der Waals surface area contributed by atoms with E-state index in [0.29, 0.717) is 0 Å². The molecule has 0 fully saturated rings. The van der Waals surface area contributed by atoms with Crippen molar-refractivity contribution in [3.8, 4) is 44.5 Å². The van der Waals surface area contributed by atoms with Crippen LogP contribution in [0.2, 0.25) is 0 Å². The normalized spacial score (nSPS) is 11.4. The maximum absolute atomic E-state index is 2.38. The number of benzene rings is 10. The Morgan fingerprint density at radius 2 is 0.828 bits per heavy atom. The Hall–Kier alpha value is -7.26. The van der Waals surface area contributed by atoms with Crippen LogP contribution in [0.1, 0.15) is 0 Å². The average molecular weight is 756 g/mol. The molecule has 0 aliphatic carbocycles. The van der Waals surface area contributed by atoms with Crippen LogP contribution in [-0.4, -0.2) is 0 Å². The van der Waals surface area contributed by atoms with Gasteiger partial charge in [0.05, 0.1) is 0 Å². The molecule has 0 spiro atoms. The van der Waals surface area contributed by atoms with Gasteiger partial charge in [-0.15, -0.1) is 11.3 Å². The van der Waals surface area contributed by atoms with Crippen molar-refractivity contribution in [1.29, 1.82) is 0 Å². The van der Waals surface area contributed by atoms with Crippen molar-refractivity contribution in [2.24, 2.45) is 0 Å². The topological polar surface area (TPSA) is 3.24 Å². The lowest BCUT2D eigenvalue weighted by molar-refractivity contribution is 1.28. The van der Waals surface area contributed by atoms with Crippen LogP contribution < -0.4 is 4.90 Å². The first-order valence-corrected chi connectivity index (χ1v) is 20.6. The molecule has 1 heterocycles. The molecule has 272 valence electrons. The van der Waals surface area contributed by atoms with Crippen LogP contribution in [0, 0.1) is 0 Å². The fourth-order valence-corrected chi connectivity index (χ4v) is 9.72. The van der Waals surface area contributed by atoms with Crippen molar-refractivity contribution in [2.75, 3.05) is 4.90 Å². The summed E-state index contributed by atoms with van der Waals surface area (Å²) >= 11 is 1.86. The largest absolute Gasteiger partial charge is 0.310 e. The summed E-state index contributed by atoms with van der Waals surface area (Å²) in [5, 5.41) is 7.66. The minimum atomic E-state index is 1.10. The number of hydrogen-bond acceptors (Lipinski definition) is 2. The highest BCUT2D eigenvalue weighted by Gasteiger charge is 2.16. The highest BCUT2D eigenvalue weighted by Crippen LogP contribution is 2.42. The third-order valence-corrected chi connectivity index (χ3v) is 12.6. The van der Waals surface area contributed by atoms with E-state index >= 15 is 0 Å². The summed E-state index contributed by atoms with van der Waals surface area (Å²) in [5.41, 5.74) is 13.0. The van der Waals surface area contributed by atoms with Crippen molar-refractivity contribution >= 4 is 70.1 Å². The van der Waals surface area contributed by atoms with Gasteiger partial charge in [0, 0.05) is 37.2 Å². The van der Waals surface area contributed by atoms with Crippen LogP contribution in [0.25, 0.3) is 86.2 Å². The van der Waals surface area contributed by atoms with E-state index in [-0.39, 0.29) is 0 Å². The zero-order valence-electron chi connectivity index (χ0n) is 31.7. The molecule has 0 atom stereocenters. The number of thiophene rings is 1. The molecule has 0 bridgehead atoms. The van der Waals surface area contributed by atoms with E-state index in [1.54, 1.807) is 0 Å². The molecule has 0 saturated carbocycles. The molecule has 1 nitrogen and oxygen atoms in total. The Kier molecular flexibility index (Phi) is 8.42. The standard InChI is InChI=1S/C56H37NS/c1-2-13-42-35-45(26-25-38(42)11-1)44-16-8-18-49(37-44)57(48-33-29-41(30-34-48)52-22-10-24-55-56(52)53-20-5-6-23-54(53)58-55)47-31-27-39(28-32-47)43-15-7-17-46(36-43)51-21-9-14-40-12-3-4-19-50(40)51/h1-37H. The predicted molar refractivity (Wildman–Crippen MR) is 251 cm³/mol. The molecule has 10 aromatic carbocycles. The predicted octanol–water partition coefficient (Wildman–Crippen LogP) is 16.5. The number of fused-ring (bicyclic) bond motifs is 5. The molecule has 11 aromatic rings. The summed E-state index contributed by atoms with van der Waals surface area (Å²) in [6.07, 6.45) is 0. The first kappa shape index (κ1) is 34.0. The molecule has 0 unspecified atom stereocenters. The Labute approximate surface area is 342 Å². The molecule has 11 rings (SSSR count). The second-order valence-electron chi connectivity index (χ2n) is 14.9. The van der Waals surface area contributed by atoms with Gasteiger partial charge in [-0.05, 0) is 127 Å². The number of rotatable bonds is 7. The third-order valence-electron chi connectivity index (χ3n) is 11.4. The van der Waals surface area contributed by atoms with Gasteiger partial charge in [-0.2, -0.15) is 0 Å². The minimum Gasteiger partial charge on any atom is -0.310 e. The molecule has 0 radical (unpaired) electrons. The van der Waals surface area contributed by atoms with Gasteiger partial charge in [0.1, 0.15) is 0 Å². The fourth-order valence-electron chi connectivity index (χ4n) is 8.59. The van der Waals surface area contributed by atoms with Crippen LogP contribution >= 0.6 is 11.3 Å². The smallest absolute Gasteiger partial charge is 0.0467 e. The molecular weight excluding hydrogens is 719 g/mol. The maximum Gasteiger partial charge on any atom is 0.0467 e. The number of nitrogens with zero attached hydrogens (tertiary/aromatic N) is 1. The van der Waals surface area contributed by atoms with Crippen molar-refractivity contribution in [3.63, 3.8) is 0 Å². The highest BCUT2D eigenvalue weighted by atomic mass is 32.1. The van der Waals surface area contributed by atoms with Gasteiger partial charge < -0.3 is 4.90 Å². The molecule has 0 amide bonds. The average Bonchev–Trinajstić information content (AvgIpc) is 3.69. The first-order chi connectivity index (χ1) is 28.7. The summed E-state index contributed by atoms with van der Waals surface area (Å²) in [4.78, 5) is 2.38. The van der Waals surface area contributed by atoms with E-state index in [4.69, 9.17) is 0 Å². The Balaban J connectivity index is 0.996. The van der Waals surface area contributed by atoms with Crippen molar-refractivity contribution in [1.82, 2.24) is 0 Å². The molecule has 2 heteroatoms. The van der Waals surface area contributed by atoms with E-state index in [9.17, 15) is 0 Å². The minimum absolute atomic E-state index is 1.10. The van der Waals surface area contributed by atoms with Gasteiger partial charge in [-0.25, -0.2) is 0 Å². The van der Waals surface area contributed by atoms with E-state index in [0.717, 1.165) is 17.1 Å². The molecule has 1 aromatic heterocycles. The third kappa shape index (κ3) is 6.12. The van der Waals surface area contributed by atoms with Crippen LogP contribution in [-0.2, 0) is 0 Å². The van der Waals surface area contributed by atoms with E-state index in [2.05, 4.69) is 229 Å². The maximum atomic E-state index is 2.38. The fraction of sp³-hybridized carbons (Fsp3) is 0. The van der Waals surface area contributed by atoms with Gasteiger partial charge in [0.15, 0.2) is 0 Å². The molecule has 0 N–H and O–H groups in total. The SMILES string of the molecule is c1cc(-c2ccc(N(c3ccc(-c4cccc5sc6ccccc6c45)cc3)c3cccc(-c4ccc5ccccc5c4)c3)cc2)cc(-c2cccc3ccccc23)c1. The van der Waals surface area contributed by atoms with E-state index in [1.807, 2.05) is 11.3 Å². The van der Waals surface area contributed by atoms with Gasteiger partial charge >= 0.3 is 0 Å². The molecule has 58 heavy (non-hydrogen) atoms. The van der Waals surface area contributed by atoms with Gasteiger partial charge in [0.25, 0.3) is 0 Å². The van der Waals surface area contributed by atoms with Crippen molar-refractivity contribution in [2.45, 2.75) is 0 Å².